The van der Waals surface area contributed by atoms with E-state index in [9.17, 15) is 0 Å². The van der Waals surface area contributed by atoms with E-state index in [0.717, 1.165) is 4.47 Å². The Morgan fingerprint density at radius 1 is 1.64 bits per heavy atom. The minimum atomic E-state index is -0.204. The molecule has 78 valence electrons. The fraction of sp³-hybridized carbons (Fsp3) is 0.444. The van der Waals surface area contributed by atoms with Crippen LogP contribution in [-0.4, -0.2) is 17.1 Å². The Kier molecular flexibility index (Phi) is 3.75. The van der Waals surface area contributed by atoms with Gasteiger partial charge < -0.3 is 11.1 Å². The summed E-state index contributed by atoms with van der Waals surface area (Å²) in [4.78, 5) is 4.17. The van der Waals surface area contributed by atoms with Crippen molar-refractivity contribution >= 4 is 33.3 Å². The molecule has 0 radical (unpaired) electrons. The molecule has 14 heavy (non-hydrogen) atoms. The van der Waals surface area contributed by atoms with Gasteiger partial charge in [-0.2, -0.15) is 0 Å². The van der Waals surface area contributed by atoms with Crippen molar-refractivity contribution in [3.8, 4) is 0 Å². The van der Waals surface area contributed by atoms with Crippen LogP contribution in [0.1, 0.15) is 13.8 Å². The van der Waals surface area contributed by atoms with Gasteiger partial charge >= 0.3 is 0 Å². The molecule has 0 fully saturated rings. The van der Waals surface area contributed by atoms with Gasteiger partial charge in [0.05, 0.1) is 5.02 Å². The van der Waals surface area contributed by atoms with Gasteiger partial charge in [-0.15, -0.1) is 0 Å². The maximum Gasteiger partial charge on any atom is 0.145 e. The highest BCUT2D eigenvalue weighted by Crippen LogP contribution is 2.24. The Labute approximate surface area is 97.2 Å². The predicted molar refractivity (Wildman–Crippen MR) is 63.7 cm³/mol. The van der Waals surface area contributed by atoms with Crippen LogP contribution in [0, 0.1) is 0 Å². The van der Waals surface area contributed by atoms with E-state index < -0.39 is 0 Å². The van der Waals surface area contributed by atoms with Crippen molar-refractivity contribution < 1.29 is 0 Å². The third-order valence-corrected chi connectivity index (χ3v) is 2.50. The zero-order chi connectivity index (χ0) is 10.8. The normalized spacial score (nSPS) is 11.5. The van der Waals surface area contributed by atoms with Gasteiger partial charge in [0, 0.05) is 22.8 Å². The van der Waals surface area contributed by atoms with Crippen molar-refractivity contribution in [3.05, 3.63) is 21.8 Å². The van der Waals surface area contributed by atoms with E-state index in [1.54, 1.807) is 12.3 Å². The van der Waals surface area contributed by atoms with Crippen molar-refractivity contribution in [2.45, 2.75) is 19.4 Å². The fourth-order valence-corrected chi connectivity index (χ4v) is 1.55. The topological polar surface area (TPSA) is 50.9 Å². The summed E-state index contributed by atoms with van der Waals surface area (Å²) in [6.45, 7) is 4.50. The molecule has 1 aromatic heterocycles. The zero-order valence-electron chi connectivity index (χ0n) is 8.14. The number of aromatic nitrogens is 1. The molecule has 1 rings (SSSR count). The lowest BCUT2D eigenvalue weighted by Crippen LogP contribution is -2.39. The van der Waals surface area contributed by atoms with Crippen LogP contribution in [0.2, 0.25) is 5.02 Å². The lowest BCUT2D eigenvalue weighted by molar-refractivity contribution is 0.577. The SMILES string of the molecule is CC(C)(CN)Nc1ncc(Br)cc1Cl. The molecule has 5 heteroatoms. The maximum absolute atomic E-state index is 6.00. The smallest absolute Gasteiger partial charge is 0.145 e. The summed E-state index contributed by atoms with van der Waals surface area (Å²) < 4.78 is 0.860. The van der Waals surface area contributed by atoms with Gasteiger partial charge in [-0.25, -0.2) is 4.98 Å². The Morgan fingerprint density at radius 3 is 2.79 bits per heavy atom. The zero-order valence-corrected chi connectivity index (χ0v) is 10.5. The van der Waals surface area contributed by atoms with Gasteiger partial charge in [0.15, 0.2) is 0 Å². The van der Waals surface area contributed by atoms with Crippen LogP contribution in [0.15, 0.2) is 16.7 Å². The molecule has 0 amide bonds. The van der Waals surface area contributed by atoms with Crippen LogP contribution in [0.3, 0.4) is 0 Å². The quantitative estimate of drug-likeness (QED) is 0.894. The molecule has 0 aliphatic heterocycles. The molecule has 0 aliphatic carbocycles. The number of nitrogens with one attached hydrogen (secondary N) is 1. The summed E-state index contributed by atoms with van der Waals surface area (Å²) >= 11 is 9.29. The maximum atomic E-state index is 6.00. The minimum absolute atomic E-state index is 0.204. The standard InChI is InChI=1S/C9H13BrClN3/c1-9(2,5-12)14-8-7(11)3-6(10)4-13-8/h3-4H,5,12H2,1-2H3,(H,13,14). The highest BCUT2D eigenvalue weighted by atomic mass is 79.9. The first-order chi connectivity index (χ1) is 6.44. The van der Waals surface area contributed by atoms with E-state index >= 15 is 0 Å². The minimum Gasteiger partial charge on any atom is -0.363 e. The summed E-state index contributed by atoms with van der Waals surface area (Å²) in [5, 5.41) is 3.76. The highest BCUT2D eigenvalue weighted by Gasteiger charge is 2.16. The van der Waals surface area contributed by atoms with Crippen molar-refractivity contribution in [1.82, 2.24) is 4.98 Å². The van der Waals surface area contributed by atoms with Crippen molar-refractivity contribution in [2.75, 3.05) is 11.9 Å². The molecule has 3 nitrogen and oxygen atoms in total. The van der Waals surface area contributed by atoms with Crippen LogP contribution < -0.4 is 11.1 Å². The van der Waals surface area contributed by atoms with Crippen molar-refractivity contribution in [1.29, 1.82) is 0 Å². The van der Waals surface area contributed by atoms with Crippen molar-refractivity contribution in [3.63, 3.8) is 0 Å². The van der Waals surface area contributed by atoms with Crippen LogP contribution in [0.4, 0.5) is 5.82 Å². The Hall–Kier alpha value is -0.320. The molecule has 0 atom stereocenters. The number of halogens is 2. The van der Waals surface area contributed by atoms with Crippen molar-refractivity contribution in [2.24, 2.45) is 5.73 Å². The lowest BCUT2D eigenvalue weighted by atomic mass is 10.1. The van der Waals surface area contributed by atoms with E-state index in [2.05, 4.69) is 26.2 Å². The second-order valence-electron chi connectivity index (χ2n) is 3.70. The monoisotopic (exact) mass is 277 g/mol. The molecule has 0 bridgehead atoms. The number of hydrogen-bond donors (Lipinski definition) is 2. The molecule has 0 aromatic carbocycles. The van der Waals surface area contributed by atoms with Crippen LogP contribution in [0.5, 0.6) is 0 Å². The number of nitrogens with two attached hydrogens (primary N) is 1. The lowest BCUT2D eigenvalue weighted by Gasteiger charge is -2.25. The highest BCUT2D eigenvalue weighted by molar-refractivity contribution is 9.10. The fourth-order valence-electron chi connectivity index (χ4n) is 0.878. The second kappa shape index (κ2) is 4.47. The molecule has 0 aliphatic rings. The molecule has 0 saturated carbocycles. The molecule has 1 heterocycles. The van der Waals surface area contributed by atoms with Crippen LogP contribution in [0.25, 0.3) is 0 Å². The molecular formula is C9H13BrClN3. The average molecular weight is 279 g/mol. The van der Waals surface area contributed by atoms with E-state index in [1.165, 1.54) is 0 Å². The van der Waals surface area contributed by atoms with Gasteiger partial charge in [-0.05, 0) is 35.8 Å². The number of hydrogen-bond acceptors (Lipinski definition) is 3. The molecule has 0 unspecified atom stereocenters. The van der Waals surface area contributed by atoms with Crippen LogP contribution >= 0.6 is 27.5 Å². The van der Waals surface area contributed by atoms with E-state index in [-0.39, 0.29) is 5.54 Å². The first-order valence-corrected chi connectivity index (χ1v) is 5.41. The van der Waals surface area contributed by atoms with Gasteiger partial charge in [-0.3, -0.25) is 0 Å². The van der Waals surface area contributed by atoms with Gasteiger partial charge in [0.2, 0.25) is 0 Å². The van der Waals surface area contributed by atoms with Gasteiger partial charge in [0.1, 0.15) is 5.82 Å². The Balaban J connectivity index is 2.87. The second-order valence-corrected chi connectivity index (χ2v) is 5.02. The summed E-state index contributed by atoms with van der Waals surface area (Å²) in [7, 11) is 0. The predicted octanol–water partition coefficient (Wildman–Crippen LogP) is 2.65. The summed E-state index contributed by atoms with van der Waals surface area (Å²) in [6, 6.07) is 1.80. The molecule has 0 saturated heterocycles. The molecule has 0 spiro atoms. The molecular weight excluding hydrogens is 265 g/mol. The Morgan fingerprint density at radius 2 is 2.29 bits per heavy atom. The number of rotatable bonds is 3. The number of nitrogens with zero attached hydrogens (tertiary/aromatic N) is 1. The van der Waals surface area contributed by atoms with E-state index in [0.29, 0.717) is 17.4 Å². The van der Waals surface area contributed by atoms with Gasteiger partial charge in [-0.1, -0.05) is 11.6 Å². The number of pyridine rings is 1. The van der Waals surface area contributed by atoms with Crippen LogP contribution in [-0.2, 0) is 0 Å². The first-order valence-electron chi connectivity index (χ1n) is 4.24. The molecule has 3 N–H and O–H groups in total. The average Bonchev–Trinajstić information content (AvgIpc) is 2.10. The third-order valence-electron chi connectivity index (χ3n) is 1.77. The molecule has 1 aromatic rings. The summed E-state index contributed by atoms with van der Waals surface area (Å²) in [5.41, 5.74) is 5.39. The first kappa shape index (κ1) is 11.8. The largest absolute Gasteiger partial charge is 0.363 e. The summed E-state index contributed by atoms with van der Waals surface area (Å²) in [6.07, 6.45) is 1.70. The Bertz CT molecular complexity index is 328. The number of anilines is 1. The summed E-state index contributed by atoms with van der Waals surface area (Å²) in [5.74, 6) is 0.658. The van der Waals surface area contributed by atoms with E-state index in [4.69, 9.17) is 17.3 Å². The van der Waals surface area contributed by atoms with Gasteiger partial charge in [0.25, 0.3) is 0 Å². The van der Waals surface area contributed by atoms with E-state index in [1.807, 2.05) is 13.8 Å². The third kappa shape index (κ3) is 3.12.